The van der Waals surface area contributed by atoms with Crippen molar-refractivity contribution in [3.63, 3.8) is 0 Å². The van der Waals surface area contributed by atoms with Crippen LogP contribution in [0.5, 0.6) is 0 Å². The highest BCUT2D eigenvalue weighted by atomic mass is 32.2. The summed E-state index contributed by atoms with van der Waals surface area (Å²) >= 11 is 1.56. The van der Waals surface area contributed by atoms with Crippen molar-refractivity contribution in [1.29, 1.82) is 0 Å². The van der Waals surface area contributed by atoms with Crippen LogP contribution in [-0.4, -0.2) is 51.4 Å². The molecule has 2 rings (SSSR count). The predicted octanol–water partition coefficient (Wildman–Crippen LogP) is 1.22. The van der Waals surface area contributed by atoms with Gasteiger partial charge in [0.1, 0.15) is 6.04 Å². The molecule has 0 aliphatic carbocycles. The van der Waals surface area contributed by atoms with Crippen LogP contribution in [-0.2, 0) is 9.59 Å². The summed E-state index contributed by atoms with van der Waals surface area (Å²) < 4.78 is 0. The zero-order valence-electron chi connectivity index (χ0n) is 10.9. The summed E-state index contributed by atoms with van der Waals surface area (Å²) in [5, 5.41) is 18.6. The molecule has 1 aromatic carbocycles. The highest BCUT2D eigenvalue weighted by molar-refractivity contribution is 7.99. The first kappa shape index (κ1) is 14.9. The first-order valence-electron chi connectivity index (χ1n) is 6.46. The second-order valence-electron chi connectivity index (χ2n) is 4.70. The third kappa shape index (κ3) is 3.74. The zero-order valence-corrected chi connectivity index (χ0v) is 11.8. The molecular formula is C14H17NO4S. The Morgan fingerprint density at radius 1 is 1.30 bits per heavy atom. The van der Waals surface area contributed by atoms with E-state index >= 15 is 0 Å². The Labute approximate surface area is 121 Å². The number of aliphatic carboxylic acids is 1. The molecule has 20 heavy (non-hydrogen) atoms. The molecule has 0 bridgehead atoms. The second-order valence-corrected chi connectivity index (χ2v) is 5.87. The quantitative estimate of drug-likeness (QED) is 0.799. The van der Waals surface area contributed by atoms with Crippen molar-refractivity contribution in [2.75, 3.05) is 12.3 Å². The Kier molecular flexibility index (Phi) is 5.03. The summed E-state index contributed by atoms with van der Waals surface area (Å²) in [4.78, 5) is 25.4. The third-order valence-corrected chi connectivity index (χ3v) is 4.23. The first-order valence-corrected chi connectivity index (χ1v) is 7.44. The number of carbonyl (C=O) groups is 2. The molecule has 108 valence electrons. The Hall–Kier alpha value is -1.53. The average Bonchev–Trinajstić information content (AvgIpc) is 2.82. The molecule has 1 aromatic rings. The first-order chi connectivity index (χ1) is 9.58. The van der Waals surface area contributed by atoms with Crippen LogP contribution in [0, 0.1) is 0 Å². The van der Waals surface area contributed by atoms with Crippen molar-refractivity contribution >= 4 is 23.6 Å². The summed E-state index contributed by atoms with van der Waals surface area (Å²) in [6.07, 6.45) is -0.343. The normalized spacial score (nSPS) is 21.9. The second kappa shape index (κ2) is 6.76. The SMILES string of the molecule is O=C(O)[C@@H]1C[C@H](O)CN1C(=O)CCSc1ccccc1. The third-order valence-electron chi connectivity index (χ3n) is 3.21. The van der Waals surface area contributed by atoms with Crippen molar-refractivity contribution in [2.24, 2.45) is 0 Å². The van der Waals surface area contributed by atoms with Crippen LogP contribution < -0.4 is 0 Å². The minimum Gasteiger partial charge on any atom is -0.480 e. The molecule has 1 aliphatic heterocycles. The number of hydrogen-bond acceptors (Lipinski definition) is 4. The maximum absolute atomic E-state index is 12.0. The minimum absolute atomic E-state index is 0.117. The van der Waals surface area contributed by atoms with Gasteiger partial charge in [0.15, 0.2) is 0 Å². The Bertz CT molecular complexity index is 479. The summed E-state index contributed by atoms with van der Waals surface area (Å²) in [5.41, 5.74) is 0. The van der Waals surface area contributed by atoms with Gasteiger partial charge in [-0.3, -0.25) is 4.79 Å². The van der Waals surface area contributed by atoms with Gasteiger partial charge < -0.3 is 15.1 Å². The fraction of sp³-hybridized carbons (Fsp3) is 0.429. The van der Waals surface area contributed by atoms with Crippen molar-refractivity contribution < 1.29 is 19.8 Å². The highest BCUT2D eigenvalue weighted by Gasteiger charge is 2.38. The highest BCUT2D eigenvalue weighted by Crippen LogP contribution is 2.22. The van der Waals surface area contributed by atoms with E-state index in [1.807, 2.05) is 30.3 Å². The molecule has 0 radical (unpaired) electrons. The van der Waals surface area contributed by atoms with Gasteiger partial charge in [0.25, 0.3) is 0 Å². The molecule has 0 unspecified atom stereocenters. The topological polar surface area (TPSA) is 77.8 Å². The number of likely N-dealkylation sites (tertiary alicyclic amines) is 1. The van der Waals surface area contributed by atoms with Crippen molar-refractivity contribution in [3.05, 3.63) is 30.3 Å². The summed E-state index contributed by atoms with van der Waals surface area (Å²) in [6, 6.07) is 8.84. The largest absolute Gasteiger partial charge is 0.480 e. The van der Waals surface area contributed by atoms with Crippen molar-refractivity contribution in [2.45, 2.75) is 29.9 Å². The molecule has 0 spiro atoms. The Morgan fingerprint density at radius 3 is 2.65 bits per heavy atom. The lowest BCUT2D eigenvalue weighted by molar-refractivity contribution is -0.148. The molecule has 5 nitrogen and oxygen atoms in total. The smallest absolute Gasteiger partial charge is 0.326 e. The van der Waals surface area contributed by atoms with Crippen molar-refractivity contribution in [3.8, 4) is 0 Å². The maximum Gasteiger partial charge on any atom is 0.326 e. The minimum atomic E-state index is -1.05. The van der Waals surface area contributed by atoms with Gasteiger partial charge in [-0.15, -0.1) is 11.8 Å². The number of benzene rings is 1. The number of rotatable bonds is 5. The predicted molar refractivity (Wildman–Crippen MR) is 75.5 cm³/mol. The lowest BCUT2D eigenvalue weighted by atomic mass is 10.2. The van der Waals surface area contributed by atoms with Gasteiger partial charge in [-0.05, 0) is 12.1 Å². The average molecular weight is 295 g/mol. The summed E-state index contributed by atoms with van der Waals surface area (Å²) in [5.74, 6) is -0.662. The van der Waals surface area contributed by atoms with Gasteiger partial charge in [0.05, 0.1) is 6.10 Å². The van der Waals surface area contributed by atoms with Crippen LogP contribution in [0.15, 0.2) is 35.2 Å². The number of hydrogen-bond donors (Lipinski definition) is 2. The van der Waals surface area contributed by atoms with E-state index in [2.05, 4.69) is 0 Å². The maximum atomic E-state index is 12.0. The van der Waals surface area contributed by atoms with E-state index in [9.17, 15) is 14.7 Å². The number of aliphatic hydroxyl groups is 1. The van der Waals surface area contributed by atoms with E-state index in [1.54, 1.807) is 11.8 Å². The van der Waals surface area contributed by atoms with E-state index < -0.39 is 18.1 Å². The van der Waals surface area contributed by atoms with Crippen LogP contribution in [0.2, 0.25) is 0 Å². The van der Waals surface area contributed by atoms with Crippen LogP contribution in [0.1, 0.15) is 12.8 Å². The van der Waals surface area contributed by atoms with Gasteiger partial charge in [-0.2, -0.15) is 0 Å². The van der Waals surface area contributed by atoms with Crippen LogP contribution >= 0.6 is 11.8 Å². The summed E-state index contributed by atoms with van der Waals surface area (Å²) in [6.45, 7) is 0.117. The molecular weight excluding hydrogens is 278 g/mol. The van der Waals surface area contributed by atoms with Crippen molar-refractivity contribution in [1.82, 2.24) is 4.90 Å². The number of nitrogens with zero attached hydrogens (tertiary/aromatic N) is 1. The number of carboxylic acids is 1. The fourth-order valence-corrected chi connectivity index (χ4v) is 3.10. The van der Waals surface area contributed by atoms with Gasteiger partial charge >= 0.3 is 5.97 Å². The lowest BCUT2D eigenvalue weighted by Crippen LogP contribution is -2.40. The molecule has 1 fully saturated rings. The fourth-order valence-electron chi connectivity index (χ4n) is 2.24. The van der Waals surface area contributed by atoms with Crippen LogP contribution in [0.3, 0.4) is 0 Å². The molecule has 6 heteroatoms. The molecule has 0 saturated carbocycles. The monoisotopic (exact) mass is 295 g/mol. The molecule has 1 saturated heterocycles. The molecule has 2 atom stereocenters. The van der Waals surface area contributed by atoms with Gasteiger partial charge in [-0.1, -0.05) is 18.2 Å². The number of carbonyl (C=O) groups excluding carboxylic acids is 1. The van der Waals surface area contributed by atoms with Crippen LogP contribution in [0.4, 0.5) is 0 Å². The molecule has 0 aromatic heterocycles. The van der Waals surface area contributed by atoms with E-state index in [0.717, 1.165) is 4.90 Å². The number of carboxylic acid groups (broad SMARTS) is 1. The van der Waals surface area contributed by atoms with E-state index in [1.165, 1.54) is 4.90 Å². The lowest BCUT2D eigenvalue weighted by Gasteiger charge is -2.20. The zero-order chi connectivity index (χ0) is 14.5. The van der Waals surface area contributed by atoms with Crippen LogP contribution in [0.25, 0.3) is 0 Å². The van der Waals surface area contributed by atoms with Gasteiger partial charge in [0.2, 0.25) is 5.91 Å². The molecule has 1 heterocycles. The molecule has 2 N–H and O–H groups in total. The van der Waals surface area contributed by atoms with E-state index in [-0.39, 0.29) is 25.3 Å². The Morgan fingerprint density at radius 2 is 2.00 bits per heavy atom. The molecule has 1 aliphatic rings. The van der Waals surface area contributed by atoms with Gasteiger partial charge in [-0.25, -0.2) is 4.79 Å². The molecule has 1 amide bonds. The Balaban J connectivity index is 1.84. The van der Waals surface area contributed by atoms with Gasteiger partial charge in [0, 0.05) is 30.0 Å². The number of β-amino-alcohol motifs (C(OH)–C–C–N with tert-alkyl or cyclic N) is 1. The number of aliphatic hydroxyl groups excluding tert-OH is 1. The van der Waals surface area contributed by atoms with E-state index in [4.69, 9.17) is 5.11 Å². The number of amides is 1. The standard InChI is InChI=1S/C14H17NO4S/c16-10-8-12(14(18)19)15(9-10)13(17)6-7-20-11-4-2-1-3-5-11/h1-5,10,12,16H,6-9H2,(H,18,19)/t10-,12-/m0/s1. The van der Waals surface area contributed by atoms with E-state index in [0.29, 0.717) is 5.75 Å². The number of thioether (sulfide) groups is 1. The summed E-state index contributed by atoms with van der Waals surface area (Å²) in [7, 11) is 0.